The lowest BCUT2D eigenvalue weighted by molar-refractivity contribution is -0.120. The van der Waals surface area contributed by atoms with Gasteiger partial charge in [-0.2, -0.15) is 0 Å². The summed E-state index contributed by atoms with van der Waals surface area (Å²) in [5.41, 5.74) is 0.780. The number of nitrogens with zero attached hydrogens (tertiary/aromatic N) is 1. The predicted octanol–water partition coefficient (Wildman–Crippen LogP) is 4.01. The number of carbonyl (C=O) groups is 2. The lowest BCUT2D eigenvalue weighted by Gasteiger charge is -2.12. The molecule has 1 aliphatic rings. The number of amides is 2. The fraction of sp³-hybridized carbons (Fsp3) is 0. The molecule has 0 spiro atoms. The largest absolute Gasteiger partial charge is 0.273 e. The number of halogens is 2. The highest BCUT2D eigenvalue weighted by molar-refractivity contribution is 8.26. The van der Waals surface area contributed by atoms with Crippen molar-refractivity contribution in [2.24, 2.45) is 0 Å². The van der Waals surface area contributed by atoms with Crippen LogP contribution in [0.1, 0.15) is 15.9 Å². The summed E-state index contributed by atoms with van der Waals surface area (Å²) in [6, 6.07) is 10.4. The van der Waals surface area contributed by atoms with Crippen molar-refractivity contribution in [3.05, 3.63) is 76.2 Å². The van der Waals surface area contributed by atoms with Gasteiger partial charge < -0.3 is 0 Å². The molecular weight excluding hydrogens is 352 g/mol. The molecule has 0 atom stereocenters. The van der Waals surface area contributed by atoms with Crippen molar-refractivity contribution >= 4 is 46.2 Å². The minimum Gasteiger partial charge on any atom is -0.268 e. The van der Waals surface area contributed by atoms with E-state index in [-0.39, 0.29) is 20.6 Å². The van der Waals surface area contributed by atoms with Crippen LogP contribution in [0, 0.1) is 11.6 Å². The Morgan fingerprint density at radius 2 is 1.54 bits per heavy atom. The standard InChI is InChI=1S/C17H9F2NO2S2/c18-12-5-1-10(2-6-12)9-14-16(22)20(17(23)24-14)15(21)11-3-7-13(19)8-4-11/h1-9H/b14-9-. The fourth-order valence-corrected chi connectivity index (χ4v) is 3.33. The number of benzene rings is 2. The monoisotopic (exact) mass is 361 g/mol. The molecule has 0 saturated carbocycles. The average Bonchev–Trinajstić information content (AvgIpc) is 2.83. The van der Waals surface area contributed by atoms with E-state index in [4.69, 9.17) is 12.2 Å². The molecular formula is C17H9F2NO2S2. The Balaban J connectivity index is 1.87. The number of carbonyl (C=O) groups excluding carboxylic acids is 2. The number of rotatable bonds is 2. The van der Waals surface area contributed by atoms with E-state index < -0.39 is 17.6 Å². The van der Waals surface area contributed by atoms with Crippen LogP contribution in [-0.4, -0.2) is 21.0 Å². The third kappa shape index (κ3) is 3.27. The second kappa shape index (κ2) is 6.62. The molecule has 3 nitrogen and oxygen atoms in total. The van der Waals surface area contributed by atoms with E-state index >= 15 is 0 Å². The van der Waals surface area contributed by atoms with Gasteiger partial charge in [-0.3, -0.25) is 9.59 Å². The topological polar surface area (TPSA) is 37.4 Å². The molecule has 0 N–H and O–H groups in total. The van der Waals surface area contributed by atoms with Crippen LogP contribution in [0.25, 0.3) is 6.08 Å². The lowest BCUT2D eigenvalue weighted by Crippen LogP contribution is -2.34. The lowest BCUT2D eigenvalue weighted by atomic mass is 10.2. The van der Waals surface area contributed by atoms with Crippen molar-refractivity contribution in [2.75, 3.05) is 0 Å². The van der Waals surface area contributed by atoms with Crippen LogP contribution in [-0.2, 0) is 4.79 Å². The highest BCUT2D eigenvalue weighted by atomic mass is 32.2. The van der Waals surface area contributed by atoms with Gasteiger partial charge >= 0.3 is 0 Å². The van der Waals surface area contributed by atoms with Gasteiger partial charge in [0.15, 0.2) is 4.32 Å². The highest BCUT2D eigenvalue weighted by Crippen LogP contribution is 2.33. The zero-order valence-corrected chi connectivity index (χ0v) is 13.7. The van der Waals surface area contributed by atoms with Gasteiger partial charge in [0.25, 0.3) is 11.8 Å². The van der Waals surface area contributed by atoms with Gasteiger partial charge in [0.1, 0.15) is 11.6 Å². The van der Waals surface area contributed by atoms with E-state index in [1.54, 1.807) is 0 Å². The Kier molecular flexibility index (Phi) is 4.55. The first-order valence-electron chi connectivity index (χ1n) is 6.79. The quantitative estimate of drug-likeness (QED) is 0.460. The summed E-state index contributed by atoms with van der Waals surface area (Å²) in [7, 11) is 0. The summed E-state index contributed by atoms with van der Waals surface area (Å²) in [5.74, 6) is -2.03. The summed E-state index contributed by atoms with van der Waals surface area (Å²) in [4.78, 5) is 26.0. The summed E-state index contributed by atoms with van der Waals surface area (Å²) in [6.07, 6.45) is 1.54. The molecule has 2 amide bonds. The van der Waals surface area contributed by atoms with Gasteiger partial charge in [0, 0.05) is 5.56 Å². The van der Waals surface area contributed by atoms with Crippen LogP contribution in [0.5, 0.6) is 0 Å². The molecule has 2 aromatic carbocycles. The molecule has 3 rings (SSSR count). The van der Waals surface area contributed by atoms with Crippen LogP contribution in [0.2, 0.25) is 0 Å². The van der Waals surface area contributed by atoms with Gasteiger partial charge in [-0.1, -0.05) is 36.1 Å². The predicted molar refractivity (Wildman–Crippen MR) is 92.1 cm³/mol. The van der Waals surface area contributed by atoms with Crippen LogP contribution in [0.4, 0.5) is 8.78 Å². The number of hydrogen-bond acceptors (Lipinski definition) is 4. The molecule has 1 fully saturated rings. The Morgan fingerprint density at radius 1 is 1.00 bits per heavy atom. The first-order valence-corrected chi connectivity index (χ1v) is 8.01. The number of imide groups is 1. The van der Waals surface area contributed by atoms with E-state index in [2.05, 4.69) is 0 Å². The van der Waals surface area contributed by atoms with Crippen LogP contribution < -0.4 is 0 Å². The fourth-order valence-electron chi connectivity index (χ4n) is 2.07. The first-order chi connectivity index (χ1) is 11.5. The van der Waals surface area contributed by atoms with Crippen molar-refractivity contribution in [1.29, 1.82) is 0 Å². The number of thioether (sulfide) groups is 1. The van der Waals surface area contributed by atoms with Gasteiger partial charge in [-0.15, -0.1) is 0 Å². The minimum absolute atomic E-state index is 0.0997. The third-order valence-corrected chi connectivity index (χ3v) is 4.56. The molecule has 2 aromatic rings. The first kappa shape index (κ1) is 16.5. The van der Waals surface area contributed by atoms with E-state index in [0.29, 0.717) is 5.56 Å². The molecule has 0 aliphatic carbocycles. The molecule has 0 bridgehead atoms. The average molecular weight is 361 g/mol. The van der Waals surface area contributed by atoms with Crippen LogP contribution in [0.15, 0.2) is 53.4 Å². The van der Waals surface area contributed by atoms with Crippen molar-refractivity contribution in [1.82, 2.24) is 4.90 Å². The maximum atomic E-state index is 13.0. The van der Waals surface area contributed by atoms with Gasteiger partial charge in [-0.25, -0.2) is 13.7 Å². The zero-order valence-electron chi connectivity index (χ0n) is 12.0. The zero-order chi connectivity index (χ0) is 17.3. The smallest absolute Gasteiger partial charge is 0.268 e. The molecule has 24 heavy (non-hydrogen) atoms. The maximum Gasteiger partial charge on any atom is 0.273 e. The molecule has 0 unspecified atom stereocenters. The molecule has 7 heteroatoms. The Morgan fingerprint density at radius 3 is 2.12 bits per heavy atom. The molecule has 0 aromatic heterocycles. The molecule has 0 radical (unpaired) electrons. The van der Waals surface area contributed by atoms with E-state index in [1.165, 1.54) is 42.5 Å². The van der Waals surface area contributed by atoms with Crippen molar-refractivity contribution in [3.63, 3.8) is 0 Å². The van der Waals surface area contributed by atoms with Crippen molar-refractivity contribution < 1.29 is 18.4 Å². The highest BCUT2D eigenvalue weighted by Gasteiger charge is 2.37. The number of hydrogen-bond donors (Lipinski definition) is 0. The summed E-state index contributed by atoms with van der Waals surface area (Å²) in [5, 5.41) is 0. The van der Waals surface area contributed by atoms with Crippen LogP contribution in [0.3, 0.4) is 0 Å². The van der Waals surface area contributed by atoms with Gasteiger partial charge in [-0.05, 0) is 48.0 Å². The van der Waals surface area contributed by atoms with Crippen molar-refractivity contribution in [3.8, 4) is 0 Å². The summed E-state index contributed by atoms with van der Waals surface area (Å²) >= 11 is 6.09. The van der Waals surface area contributed by atoms with E-state index in [0.717, 1.165) is 28.8 Å². The molecule has 1 saturated heterocycles. The van der Waals surface area contributed by atoms with Gasteiger partial charge in [0.2, 0.25) is 0 Å². The van der Waals surface area contributed by atoms with Crippen molar-refractivity contribution in [2.45, 2.75) is 0 Å². The van der Waals surface area contributed by atoms with E-state index in [9.17, 15) is 18.4 Å². The van der Waals surface area contributed by atoms with Crippen LogP contribution >= 0.6 is 24.0 Å². The third-order valence-electron chi connectivity index (χ3n) is 3.26. The second-order valence-electron chi connectivity index (χ2n) is 4.88. The van der Waals surface area contributed by atoms with Gasteiger partial charge in [0.05, 0.1) is 4.91 Å². The Bertz CT molecular complexity index is 861. The number of thiocarbonyl (C=S) groups is 1. The molecule has 1 heterocycles. The molecule has 1 aliphatic heterocycles. The summed E-state index contributed by atoms with van der Waals surface area (Å²) < 4.78 is 26.0. The Labute approximate surface area is 146 Å². The van der Waals surface area contributed by atoms with E-state index in [1.807, 2.05) is 0 Å². The minimum atomic E-state index is -0.611. The Hall–Kier alpha value is -2.38. The maximum absolute atomic E-state index is 13.0. The SMILES string of the molecule is O=C1/C(=C/c2ccc(F)cc2)SC(=S)N1C(=O)c1ccc(F)cc1. The summed E-state index contributed by atoms with van der Waals surface area (Å²) in [6.45, 7) is 0. The normalized spacial score (nSPS) is 16.1. The molecule has 120 valence electrons. The second-order valence-corrected chi connectivity index (χ2v) is 6.56.